The Balaban J connectivity index is 1.93. The molecule has 1 fully saturated rings. The van der Waals surface area contributed by atoms with E-state index in [4.69, 9.17) is 0 Å². The lowest BCUT2D eigenvalue weighted by atomic mass is 9.93. The molecule has 1 aromatic heterocycles. The maximum absolute atomic E-state index is 13.4. The van der Waals surface area contributed by atoms with Gasteiger partial charge in [0.1, 0.15) is 5.82 Å². The Morgan fingerprint density at radius 1 is 1.42 bits per heavy atom. The third-order valence-electron chi connectivity index (χ3n) is 4.55. The fourth-order valence-corrected chi connectivity index (χ4v) is 3.69. The van der Waals surface area contributed by atoms with Crippen molar-refractivity contribution >= 4 is 16.8 Å². The highest BCUT2D eigenvalue weighted by Crippen LogP contribution is 2.41. The number of benzene rings is 1. The van der Waals surface area contributed by atoms with E-state index in [2.05, 4.69) is 11.9 Å². The van der Waals surface area contributed by atoms with Crippen LogP contribution in [0.25, 0.3) is 10.9 Å². The van der Waals surface area contributed by atoms with Crippen molar-refractivity contribution in [1.82, 2.24) is 9.88 Å². The van der Waals surface area contributed by atoms with Crippen molar-refractivity contribution < 1.29 is 9.18 Å². The summed E-state index contributed by atoms with van der Waals surface area (Å²) in [4.78, 5) is 17.3. The van der Waals surface area contributed by atoms with Crippen LogP contribution in [0.2, 0.25) is 0 Å². The Bertz CT molecular complexity index is 691. The normalized spacial score (nSPS) is 25.8. The van der Waals surface area contributed by atoms with E-state index >= 15 is 0 Å². The number of H-pyrrole nitrogens is 1. The molecule has 2 aliphatic rings. The monoisotopic (exact) mass is 258 g/mol. The third-order valence-corrected chi connectivity index (χ3v) is 4.55. The molecule has 2 atom stereocenters. The zero-order valence-electron chi connectivity index (χ0n) is 10.7. The van der Waals surface area contributed by atoms with Gasteiger partial charge in [0.2, 0.25) is 5.91 Å². The molecule has 0 spiro atoms. The molecule has 98 valence electrons. The van der Waals surface area contributed by atoms with Gasteiger partial charge in [-0.25, -0.2) is 4.39 Å². The minimum Gasteiger partial charge on any atom is -0.356 e. The quantitative estimate of drug-likeness (QED) is 0.775. The van der Waals surface area contributed by atoms with Crippen LogP contribution in [-0.4, -0.2) is 21.8 Å². The van der Waals surface area contributed by atoms with E-state index in [1.807, 2.05) is 4.90 Å². The van der Waals surface area contributed by atoms with Crippen LogP contribution < -0.4 is 0 Å². The Labute approximate surface area is 110 Å². The topological polar surface area (TPSA) is 36.1 Å². The summed E-state index contributed by atoms with van der Waals surface area (Å²) in [7, 11) is 0. The number of nitrogens with one attached hydrogen (secondary N) is 1. The zero-order chi connectivity index (χ0) is 13.1. The first-order valence-corrected chi connectivity index (χ1v) is 6.76. The molecule has 3 heterocycles. The van der Waals surface area contributed by atoms with Crippen LogP contribution in [0.5, 0.6) is 0 Å². The third kappa shape index (κ3) is 1.40. The minimum atomic E-state index is -0.202. The van der Waals surface area contributed by atoms with Gasteiger partial charge in [0.05, 0.1) is 6.04 Å². The minimum absolute atomic E-state index is 0.0687. The van der Waals surface area contributed by atoms with E-state index in [1.54, 1.807) is 12.1 Å². The lowest BCUT2D eigenvalue weighted by Crippen LogP contribution is -2.40. The lowest BCUT2D eigenvalue weighted by molar-refractivity contribution is -0.131. The molecule has 1 N–H and O–H groups in total. The SMILES string of the molecule is C[C@@H]1c2[nH]c3ccc(F)cc3c2C[C@@H]2CCC(=O)N21. The van der Waals surface area contributed by atoms with E-state index in [9.17, 15) is 9.18 Å². The Kier molecular flexibility index (Phi) is 2.08. The first kappa shape index (κ1) is 11.0. The molecule has 0 saturated carbocycles. The van der Waals surface area contributed by atoms with Gasteiger partial charge in [-0.1, -0.05) is 0 Å². The highest BCUT2D eigenvalue weighted by molar-refractivity contribution is 5.87. The molecule has 19 heavy (non-hydrogen) atoms. The number of carbonyl (C=O) groups is 1. The molecule has 4 heteroatoms. The first-order valence-electron chi connectivity index (χ1n) is 6.76. The number of hydrogen-bond donors (Lipinski definition) is 1. The van der Waals surface area contributed by atoms with Gasteiger partial charge < -0.3 is 9.88 Å². The summed E-state index contributed by atoms with van der Waals surface area (Å²) in [6.45, 7) is 2.06. The molecule has 1 aromatic carbocycles. The second-order valence-corrected chi connectivity index (χ2v) is 5.58. The Morgan fingerprint density at radius 3 is 3.11 bits per heavy atom. The van der Waals surface area contributed by atoms with Crippen molar-refractivity contribution in [2.45, 2.75) is 38.3 Å². The van der Waals surface area contributed by atoms with Crippen LogP contribution in [0.4, 0.5) is 4.39 Å². The van der Waals surface area contributed by atoms with Gasteiger partial charge >= 0.3 is 0 Å². The van der Waals surface area contributed by atoms with Crippen molar-refractivity contribution in [2.75, 3.05) is 0 Å². The van der Waals surface area contributed by atoms with Gasteiger partial charge in [-0.15, -0.1) is 0 Å². The number of rotatable bonds is 0. The van der Waals surface area contributed by atoms with Gasteiger partial charge in [-0.3, -0.25) is 4.79 Å². The van der Waals surface area contributed by atoms with Crippen LogP contribution in [0.15, 0.2) is 18.2 Å². The second kappa shape index (κ2) is 3.59. The molecule has 1 amide bonds. The highest BCUT2D eigenvalue weighted by atomic mass is 19.1. The van der Waals surface area contributed by atoms with Gasteiger partial charge in [-0.05, 0) is 43.5 Å². The lowest BCUT2D eigenvalue weighted by Gasteiger charge is -2.35. The number of carbonyl (C=O) groups excluding carboxylic acids is 1. The van der Waals surface area contributed by atoms with Gasteiger partial charge in [0, 0.05) is 29.1 Å². The van der Waals surface area contributed by atoms with E-state index in [0.717, 1.165) is 29.4 Å². The fourth-order valence-electron chi connectivity index (χ4n) is 3.69. The molecule has 0 bridgehead atoms. The standard InChI is InChI=1S/C15H15FN2O/c1-8-15-12(7-10-3-5-14(19)18(8)10)11-6-9(16)2-4-13(11)17-15/h2,4,6,8,10,17H,3,5,7H2,1H3/t8-,10+/m1/s1. The molecule has 1 saturated heterocycles. The molecule has 3 nitrogen and oxygen atoms in total. The molecule has 2 aliphatic heterocycles. The zero-order valence-corrected chi connectivity index (χ0v) is 10.7. The first-order chi connectivity index (χ1) is 9.15. The predicted molar refractivity (Wildman–Crippen MR) is 70.2 cm³/mol. The molecule has 0 unspecified atom stereocenters. The maximum atomic E-state index is 13.4. The maximum Gasteiger partial charge on any atom is 0.223 e. The predicted octanol–water partition coefficient (Wildman–Crippen LogP) is 2.92. The Morgan fingerprint density at radius 2 is 2.26 bits per heavy atom. The summed E-state index contributed by atoms with van der Waals surface area (Å²) < 4.78 is 13.4. The molecule has 0 radical (unpaired) electrons. The van der Waals surface area contributed by atoms with E-state index in [-0.39, 0.29) is 23.8 Å². The number of nitrogens with zero attached hydrogens (tertiary/aromatic N) is 1. The molecule has 0 aliphatic carbocycles. The van der Waals surface area contributed by atoms with Crippen molar-refractivity contribution in [3.63, 3.8) is 0 Å². The summed E-state index contributed by atoms with van der Waals surface area (Å²) in [6, 6.07) is 5.21. The fraction of sp³-hybridized carbons (Fsp3) is 0.400. The smallest absolute Gasteiger partial charge is 0.223 e. The summed E-state index contributed by atoms with van der Waals surface area (Å²) in [5.74, 6) is 0.0415. The number of amides is 1. The highest BCUT2D eigenvalue weighted by Gasteiger charge is 2.40. The van der Waals surface area contributed by atoms with Crippen LogP contribution in [-0.2, 0) is 11.2 Å². The number of hydrogen-bond acceptors (Lipinski definition) is 1. The van der Waals surface area contributed by atoms with Crippen LogP contribution >= 0.6 is 0 Å². The molecule has 4 rings (SSSR count). The van der Waals surface area contributed by atoms with Crippen LogP contribution in [0.3, 0.4) is 0 Å². The van der Waals surface area contributed by atoms with Crippen molar-refractivity contribution in [1.29, 1.82) is 0 Å². The summed E-state index contributed by atoms with van der Waals surface area (Å²) in [5.41, 5.74) is 3.23. The molecule has 2 aromatic rings. The summed E-state index contributed by atoms with van der Waals surface area (Å²) >= 11 is 0. The summed E-state index contributed by atoms with van der Waals surface area (Å²) in [5, 5.41) is 0.973. The largest absolute Gasteiger partial charge is 0.356 e. The van der Waals surface area contributed by atoms with Crippen molar-refractivity contribution in [3.8, 4) is 0 Å². The average Bonchev–Trinajstić information content (AvgIpc) is 2.92. The summed E-state index contributed by atoms with van der Waals surface area (Å²) in [6.07, 6.45) is 2.41. The number of aromatic amines is 1. The molecular formula is C15H15FN2O. The number of aromatic nitrogens is 1. The van der Waals surface area contributed by atoms with Crippen molar-refractivity contribution in [2.24, 2.45) is 0 Å². The van der Waals surface area contributed by atoms with E-state index in [0.29, 0.717) is 6.42 Å². The van der Waals surface area contributed by atoms with Gasteiger partial charge in [0.25, 0.3) is 0 Å². The van der Waals surface area contributed by atoms with Crippen LogP contribution in [0.1, 0.15) is 37.1 Å². The van der Waals surface area contributed by atoms with Gasteiger partial charge in [0.15, 0.2) is 0 Å². The second-order valence-electron chi connectivity index (χ2n) is 5.58. The average molecular weight is 258 g/mol. The number of fused-ring (bicyclic) bond motifs is 4. The Hall–Kier alpha value is -1.84. The number of halogens is 1. The van der Waals surface area contributed by atoms with Gasteiger partial charge in [-0.2, -0.15) is 0 Å². The van der Waals surface area contributed by atoms with Crippen LogP contribution in [0, 0.1) is 5.82 Å². The van der Waals surface area contributed by atoms with E-state index in [1.165, 1.54) is 11.6 Å². The molecular weight excluding hydrogens is 243 g/mol. The van der Waals surface area contributed by atoms with E-state index < -0.39 is 0 Å². The van der Waals surface area contributed by atoms with Crippen molar-refractivity contribution in [3.05, 3.63) is 35.3 Å².